The lowest BCUT2D eigenvalue weighted by atomic mass is 10.1. The standard InChI is InChI=1S/C20H18N4O2S/c1-24-19(26)16(9-13-7-8-15-18(10-13)27-12-21-15)22-20(24)23-17(11-25)14-5-3-2-4-6-14/h2-10,12,17,25H,11H2,1H3,(H,22,23)/b16-9-. The molecule has 0 aliphatic carbocycles. The lowest BCUT2D eigenvalue weighted by molar-refractivity contribution is -0.121. The maximum absolute atomic E-state index is 12.6. The van der Waals surface area contributed by atoms with Gasteiger partial charge in [0.1, 0.15) is 5.70 Å². The Morgan fingerprint density at radius 3 is 2.85 bits per heavy atom. The zero-order valence-corrected chi connectivity index (χ0v) is 15.5. The molecule has 3 aromatic rings. The fraction of sp³-hybridized carbons (Fsp3) is 0.150. The van der Waals surface area contributed by atoms with Crippen molar-refractivity contribution in [1.82, 2.24) is 15.2 Å². The predicted molar refractivity (Wildman–Crippen MR) is 107 cm³/mol. The molecule has 136 valence electrons. The number of hydrogen-bond donors (Lipinski definition) is 2. The third-order valence-electron chi connectivity index (χ3n) is 4.41. The Labute approximate surface area is 160 Å². The van der Waals surface area contributed by atoms with Crippen LogP contribution in [0.4, 0.5) is 0 Å². The number of fused-ring (bicyclic) bond motifs is 1. The van der Waals surface area contributed by atoms with Crippen LogP contribution in [-0.4, -0.2) is 40.5 Å². The van der Waals surface area contributed by atoms with Gasteiger partial charge in [0.15, 0.2) is 0 Å². The van der Waals surface area contributed by atoms with E-state index < -0.39 is 0 Å². The molecule has 1 aliphatic heterocycles. The number of likely N-dealkylation sites (N-methyl/N-ethyl adjacent to an activating group) is 1. The van der Waals surface area contributed by atoms with Gasteiger partial charge in [0.2, 0.25) is 5.96 Å². The van der Waals surface area contributed by atoms with E-state index in [4.69, 9.17) is 0 Å². The highest BCUT2D eigenvalue weighted by Gasteiger charge is 2.28. The second kappa shape index (κ2) is 7.30. The first-order chi connectivity index (χ1) is 13.2. The Hall–Kier alpha value is -3.03. The van der Waals surface area contributed by atoms with Gasteiger partial charge < -0.3 is 10.4 Å². The number of benzene rings is 2. The van der Waals surface area contributed by atoms with Crippen LogP contribution in [0, 0.1) is 0 Å². The summed E-state index contributed by atoms with van der Waals surface area (Å²) in [4.78, 5) is 22.7. The Morgan fingerprint density at radius 1 is 1.26 bits per heavy atom. The number of nitrogens with one attached hydrogen (secondary N) is 1. The van der Waals surface area contributed by atoms with Crippen molar-refractivity contribution in [2.45, 2.75) is 6.04 Å². The molecular formula is C20H18N4O2S. The maximum atomic E-state index is 12.6. The first-order valence-corrected chi connectivity index (χ1v) is 9.37. The van der Waals surface area contributed by atoms with E-state index in [1.54, 1.807) is 30.0 Å². The molecule has 6 nitrogen and oxygen atoms in total. The van der Waals surface area contributed by atoms with Crippen molar-refractivity contribution < 1.29 is 9.90 Å². The second-order valence-electron chi connectivity index (χ2n) is 6.20. The topological polar surface area (TPSA) is 77.8 Å². The molecule has 7 heteroatoms. The number of nitrogens with zero attached hydrogens (tertiary/aromatic N) is 3. The lowest BCUT2D eigenvalue weighted by Gasteiger charge is -2.20. The molecule has 2 N–H and O–H groups in total. The van der Waals surface area contributed by atoms with Gasteiger partial charge in [-0.15, -0.1) is 11.3 Å². The maximum Gasteiger partial charge on any atom is 0.279 e. The molecule has 1 amide bonds. The number of guanidine groups is 1. The molecule has 0 fully saturated rings. The number of aromatic nitrogens is 1. The molecule has 27 heavy (non-hydrogen) atoms. The highest BCUT2D eigenvalue weighted by molar-refractivity contribution is 7.16. The zero-order chi connectivity index (χ0) is 18.8. The third kappa shape index (κ3) is 3.47. The van der Waals surface area contributed by atoms with E-state index in [1.165, 1.54) is 4.90 Å². The first kappa shape index (κ1) is 17.4. The fourth-order valence-corrected chi connectivity index (χ4v) is 3.65. The molecule has 4 rings (SSSR count). The normalized spacial score (nSPS) is 16.8. The average molecular weight is 378 g/mol. The summed E-state index contributed by atoms with van der Waals surface area (Å²) >= 11 is 1.56. The van der Waals surface area contributed by atoms with Crippen LogP contribution < -0.4 is 5.32 Å². The number of aliphatic imine (C=N–C) groups is 1. The van der Waals surface area contributed by atoms with E-state index in [1.807, 2.05) is 48.5 Å². The summed E-state index contributed by atoms with van der Waals surface area (Å²) in [5, 5.41) is 12.9. The quantitative estimate of drug-likeness (QED) is 0.685. The van der Waals surface area contributed by atoms with Gasteiger partial charge in [0, 0.05) is 7.05 Å². The molecule has 1 unspecified atom stereocenters. The van der Waals surface area contributed by atoms with E-state index in [9.17, 15) is 9.90 Å². The van der Waals surface area contributed by atoms with E-state index in [0.29, 0.717) is 11.7 Å². The summed E-state index contributed by atoms with van der Waals surface area (Å²) in [6, 6.07) is 15.1. The molecule has 0 bridgehead atoms. The van der Waals surface area contributed by atoms with Crippen LogP contribution in [0.15, 0.2) is 64.7 Å². The number of carbonyl (C=O) groups is 1. The van der Waals surface area contributed by atoms with Crippen LogP contribution in [0.1, 0.15) is 17.2 Å². The summed E-state index contributed by atoms with van der Waals surface area (Å²) in [7, 11) is 1.67. The van der Waals surface area contributed by atoms with E-state index in [0.717, 1.165) is 21.3 Å². The average Bonchev–Trinajstić information content (AvgIpc) is 3.27. The Morgan fingerprint density at radius 2 is 2.07 bits per heavy atom. The van der Waals surface area contributed by atoms with Gasteiger partial charge in [-0.05, 0) is 29.3 Å². The van der Waals surface area contributed by atoms with Crippen molar-refractivity contribution in [3.05, 3.63) is 70.9 Å². The van der Waals surface area contributed by atoms with E-state index in [2.05, 4.69) is 15.3 Å². The van der Waals surface area contributed by atoms with Gasteiger partial charge in [-0.25, -0.2) is 9.98 Å². The molecule has 2 heterocycles. The summed E-state index contributed by atoms with van der Waals surface area (Å²) in [6.45, 7) is -0.105. The van der Waals surface area contributed by atoms with Crippen molar-refractivity contribution in [2.75, 3.05) is 13.7 Å². The van der Waals surface area contributed by atoms with Crippen LogP contribution in [0.25, 0.3) is 16.3 Å². The first-order valence-electron chi connectivity index (χ1n) is 8.50. The monoisotopic (exact) mass is 378 g/mol. The number of thiazole rings is 1. The largest absolute Gasteiger partial charge is 0.394 e. The molecule has 1 aromatic heterocycles. The number of amides is 1. The number of aliphatic hydroxyl groups is 1. The van der Waals surface area contributed by atoms with E-state index in [-0.39, 0.29) is 18.6 Å². The molecule has 1 atom stereocenters. The van der Waals surface area contributed by atoms with Crippen molar-refractivity contribution in [3.63, 3.8) is 0 Å². The summed E-state index contributed by atoms with van der Waals surface area (Å²) in [5.74, 6) is 0.236. The Balaban J connectivity index is 1.61. The predicted octanol–water partition coefficient (Wildman–Crippen LogP) is 2.79. The lowest BCUT2D eigenvalue weighted by Crippen LogP contribution is -2.41. The van der Waals surface area contributed by atoms with Crippen LogP contribution in [-0.2, 0) is 4.79 Å². The molecule has 2 aromatic carbocycles. The summed E-state index contributed by atoms with van der Waals surface area (Å²) in [5.41, 5.74) is 4.92. The highest BCUT2D eigenvalue weighted by atomic mass is 32.1. The third-order valence-corrected chi connectivity index (χ3v) is 5.21. The molecule has 0 saturated heterocycles. The minimum atomic E-state index is -0.340. The molecule has 1 aliphatic rings. The van der Waals surface area contributed by atoms with Crippen molar-refractivity contribution in [2.24, 2.45) is 4.99 Å². The van der Waals surface area contributed by atoms with Crippen LogP contribution in [0.5, 0.6) is 0 Å². The van der Waals surface area contributed by atoms with Gasteiger partial charge in [0.25, 0.3) is 5.91 Å². The fourth-order valence-electron chi connectivity index (χ4n) is 2.92. The molecule has 0 radical (unpaired) electrons. The molecule has 0 spiro atoms. The molecule has 0 saturated carbocycles. The minimum Gasteiger partial charge on any atom is -0.394 e. The Bertz CT molecular complexity index is 1040. The smallest absolute Gasteiger partial charge is 0.279 e. The SMILES string of the molecule is CN1C(=O)/C(=C/c2ccc3ncsc3c2)N=C1NC(CO)c1ccccc1. The van der Waals surface area contributed by atoms with Gasteiger partial charge >= 0.3 is 0 Å². The Kier molecular flexibility index (Phi) is 4.70. The number of rotatable bonds is 4. The van der Waals surface area contributed by atoms with Gasteiger partial charge in [-0.3, -0.25) is 9.69 Å². The number of hydrogen-bond acceptors (Lipinski definition) is 6. The van der Waals surface area contributed by atoms with Crippen molar-refractivity contribution in [1.29, 1.82) is 0 Å². The highest BCUT2D eigenvalue weighted by Crippen LogP contribution is 2.23. The summed E-state index contributed by atoms with van der Waals surface area (Å²) < 4.78 is 1.06. The summed E-state index contributed by atoms with van der Waals surface area (Å²) in [6.07, 6.45) is 1.77. The van der Waals surface area contributed by atoms with Crippen LogP contribution in [0.2, 0.25) is 0 Å². The molecular weight excluding hydrogens is 360 g/mol. The van der Waals surface area contributed by atoms with Crippen LogP contribution >= 0.6 is 11.3 Å². The number of carbonyl (C=O) groups excluding carboxylic acids is 1. The van der Waals surface area contributed by atoms with Crippen LogP contribution in [0.3, 0.4) is 0 Å². The number of aliphatic hydroxyl groups excluding tert-OH is 1. The van der Waals surface area contributed by atoms with Crippen molar-refractivity contribution in [3.8, 4) is 0 Å². The minimum absolute atomic E-state index is 0.105. The van der Waals surface area contributed by atoms with Crippen molar-refractivity contribution >= 4 is 39.5 Å². The second-order valence-corrected chi connectivity index (χ2v) is 7.09. The van der Waals surface area contributed by atoms with E-state index >= 15 is 0 Å². The van der Waals surface area contributed by atoms with Gasteiger partial charge in [0.05, 0.1) is 28.4 Å². The van der Waals surface area contributed by atoms with Gasteiger partial charge in [-0.1, -0.05) is 36.4 Å². The van der Waals surface area contributed by atoms with Gasteiger partial charge in [-0.2, -0.15) is 0 Å². The zero-order valence-electron chi connectivity index (χ0n) is 14.7.